The number of nitrogens with zero attached hydrogens (tertiary/aromatic N) is 1. The van der Waals surface area contributed by atoms with Gasteiger partial charge < -0.3 is 8.98 Å². The highest BCUT2D eigenvalue weighted by Crippen LogP contribution is 2.42. The quantitative estimate of drug-likeness (QED) is 0.164. The third-order valence-electron chi connectivity index (χ3n) is 11.7. The molecule has 11 aromatic rings. The van der Waals surface area contributed by atoms with Gasteiger partial charge in [-0.3, -0.25) is 16.0 Å². The first-order valence-electron chi connectivity index (χ1n) is 19.5. The fourth-order valence-corrected chi connectivity index (χ4v) is 10.2. The second-order valence-corrected chi connectivity index (χ2v) is 16.1. The molecular formula is C51H36N4OS. The van der Waals surface area contributed by atoms with Gasteiger partial charge in [0.1, 0.15) is 11.2 Å². The van der Waals surface area contributed by atoms with Crippen LogP contribution < -0.4 is 16.0 Å². The number of benzene rings is 8. The topological polar surface area (TPSA) is 54.2 Å². The summed E-state index contributed by atoms with van der Waals surface area (Å²) in [6.45, 7) is 0. The monoisotopic (exact) mass is 752 g/mol. The molecule has 12 rings (SSSR count). The maximum atomic E-state index is 6.81. The molecule has 8 aromatic carbocycles. The minimum Gasteiger partial charge on any atom is -0.455 e. The van der Waals surface area contributed by atoms with Gasteiger partial charge in [-0.25, -0.2) is 0 Å². The van der Waals surface area contributed by atoms with Crippen LogP contribution in [0.1, 0.15) is 35.2 Å². The van der Waals surface area contributed by atoms with Crippen molar-refractivity contribution in [3.05, 3.63) is 199 Å². The standard InChI is InChI=1S/C51H36N4OS/c1-3-12-31(13-4-1)49-52-50(32-14-5-2-6-15-32)54-51(53-49)34-23-26-41-40-25-22-33(28-46(40)57-47(41)29-34)36-18-11-19-42-39-27-24-35(30-45(39)56-48(36)42)55-43-20-9-7-16-37(43)38-17-8-10-21-44(38)55/h1-30,49-54H. The van der Waals surface area contributed by atoms with E-state index in [1.807, 2.05) is 11.3 Å². The summed E-state index contributed by atoms with van der Waals surface area (Å²) in [6, 6.07) is 65.4. The average molecular weight is 753 g/mol. The van der Waals surface area contributed by atoms with Crippen LogP contribution in [0.3, 0.4) is 0 Å². The van der Waals surface area contributed by atoms with Crippen molar-refractivity contribution in [1.82, 2.24) is 20.5 Å². The van der Waals surface area contributed by atoms with Gasteiger partial charge in [-0.1, -0.05) is 140 Å². The highest BCUT2D eigenvalue weighted by Gasteiger charge is 2.30. The van der Waals surface area contributed by atoms with Crippen LogP contribution in [0.2, 0.25) is 0 Å². The molecule has 0 aliphatic carbocycles. The second kappa shape index (κ2) is 13.0. The van der Waals surface area contributed by atoms with Crippen LogP contribution in [0.4, 0.5) is 0 Å². The number of para-hydroxylation sites is 3. The van der Waals surface area contributed by atoms with E-state index in [1.165, 1.54) is 58.7 Å². The Balaban J connectivity index is 0.915. The molecular weight excluding hydrogens is 717 g/mol. The minimum absolute atomic E-state index is 0.00970. The molecule has 3 N–H and O–H groups in total. The number of furan rings is 1. The zero-order chi connectivity index (χ0) is 37.5. The Bertz CT molecular complexity index is 3210. The van der Waals surface area contributed by atoms with Crippen molar-refractivity contribution >= 4 is 75.3 Å². The number of nitrogens with one attached hydrogen (secondary N) is 3. The van der Waals surface area contributed by atoms with Gasteiger partial charge in [0, 0.05) is 59.0 Å². The first-order valence-corrected chi connectivity index (χ1v) is 20.3. The number of fused-ring (bicyclic) bond motifs is 9. The molecule has 1 fully saturated rings. The van der Waals surface area contributed by atoms with Crippen LogP contribution in [0, 0.1) is 0 Å². The van der Waals surface area contributed by atoms with Crippen molar-refractivity contribution in [2.45, 2.75) is 18.5 Å². The van der Waals surface area contributed by atoms with E-state index in [1.54, 1.807) is 0 Å². The Hall–Kier alpha value is -6.54. The maximum absolute atomic E-state index is 6.81. The number of rotatable bonds is 5. The largest absolute Gasteiger partial charge is 0.455 e. The van der Waals surface area contributed by atoms with Crippen LogP contribution in [0.5, 0.6) is 0 Å². The molecule has 5 nitrogen and oxygen atoms in total. The van der Waals surface area contributed by atoms with Crippen LogP contribution in [0.15, 0.2) is 186 Å². The highest BCUT2D eigenvalue weighted by atomic mass is 32.1. The molecule has 57 heavy (non-hydrogen) atoms. The molecule has 2 atom stereocenters. The van der Waals surface area contributed by atoms with Gasteiger partial charge in [-0.2, -0.15) is 0 Å². The summed E-state index contributed by atoms with van der Waals surface area (Å²) in [5.41, 5.74) is 11.2. The number of hydrogen-bond acceptors (Lipinski definition) is 5. The summed E-state index contributed by atoms with van der Waals surface area (Å²) in [5, 5.41) is 18.8. The van der Waals surface area contributed by atoms with Crippen molar-refractivity contribution < 1.29 is 4.42 Å². The van der Waals surface area contributed by atoms with Crippen LogP contribution in [-0.4, -0.2) is 4.57 Å². The molecule has 1 saturated heterocycles. The lowest BCUT2D eigenvalue weighted by atomic mass is 10.0. The van der Waals surface area contributed by atoms with Gasteiger partial charge in [0.15, 0.2) is 0 Å². The summed E-state index contributed by atoms with van der Waals surface area (Å²) < 4.78 is 11.7. The molecule has 0 radical (unpaired) electrons. The lowest BCUT2D eigenvalue weighted by Gasteiger charge is -2.39. The van der Waals surface area contributed by atoms with E-state index in [-0.39, 0.29) is 18.5 Å². The van der Waals surface area contributed by atoms with Gasteiger partial charge in [0.25, 0.3) is 0 Å². The van der Waals surface area contributed by atoms with E-state index >= 15 is 0 Å². The molecule has 0 saturated carbocycles. The molecule has 0 bridgehead atoms. The van der Waals surface area contributed by atoms with Crippen LogP contribution in [0.25, 0.3) is 80.7 Å². The van der Waals surface area contributed by atoms with Gasteiger partial charge in [0.05, 0.1) is 29.5 Å². The second-order valence-electron chi connectivity index (χ2n) is 15.0. The molecule has 0 amide bonds. The Labute approximate surface area is 332 Å². The van der Waals surface area contributed by atoms with Gasteiger partial charge in [-0.05, 0) is 58.7 Å². The van der Waals surface area contributed by atoms with E-state index in [0.29, 0.717) is 0 Å². The van der Waals surface area contributed by atoms with Crippen molar-refractivity contribution in [2.75, 3.05) is 0 Å². The van der Waals surface area contributed by atoms with E-state index in [9.17, 15) is 0 Å². The Kier molecular flexibility index (Phi) is 7.46. The SMILES string of the molecule is c1ccc(C2NC(c3ccccc3)NC(c3ccc4c(c3)sc3cc(-c5cccc6c5oc5cc(-n7c8ccccc8c8ccccc87)ccc56)ccc34)N2)cc1. The number of thiophene rings is 1. The van der Waals surface area contributed by atoms with Crippen LogP contribution in [-0.2, 0) is 0 Å². The molecule has 1 aliphatic rings. The Morgan fingerprint density at radius 2 is 0.982 bits per heavy atom. The Morgan fingerprint density at radius 3 is 1.67 bits per heavy atom. The molecule has 272 valence electrons. The van der Waals surface area contributed by atoms with Gasteiger partial charge in [0.2, 0.25) is 0 Å². The first-order chi connectivity index (χ1) is 28.2. The number of aromatic nitrogens is 1. The van der Waals surface area contributed by atoms with E-state index < -0.39 is 0 Å². The molecule has 6 heteroatoms. The van der Waals surface area contributed by atoms with E-state index in [4.69, 9.17) is 4.42 Å². The molecule has 1 aliphatic heterocycles. The summed E-state index contributed by atoms with van der Waals surface area (Å²) in [6.07, 6.45) is -0.0676. The smallest absolute Gasteiger partial charge is 0.143 e. The van der Waals surface area contributed by atoms with Crippen molar-refractivity contribution in [3.63, 3.8) is 0 Å². The lowest BCUT2D eigenvalue weighted by Crippen LogP contribution is -2.54. The van der Waals surface area contributed by atoms with Gasteiger partial charge >= 0.3 is 0 Å². The lowest BCUT2D eigenvalue weighted by molar-refractivity contribution is 0.203. The summed E-state index contributed by atoms with van der Waals surface area (Å²) >= 11 is 1.85. The summed E-state index contributed by atoms with van der Waals surface area (Å²) in [5.74, 6) is 0. The minimum atomic E-state index is -0.0482. The zero-order valence-electron chi connectivity index (χ0n) is 30.8. The van der Waals surface area contributed by atoms with Crippen molar-refractivity contribution in [2.24, 2.45) is 0 Å². The Morgan fingerprint density at radius 1 is 0.421 bits per heavy atom. The molecule has 2 unspecified atom stereocenters. The van der Waals surface area contributed by atoms with E-state index in [2.05, 4.69) is 203 Å². The van der Waals surface area contributed by atoms with Crippen LogP contribution >= 0.6 is 11.3 Å². The average Bonchev–Trinajstić information content (AvgIpc) is 3.95. The fourth-order valence-electron chi connectivity index (χ4n) is 9.01. The fraction of sp³-hybridized carbons (Fsp3) is 0.0588. The molecule has 0 spiro atoms. The highest BCUT2D eigenvalue weighted by molar-refractivity contribution is 7.25. The first kappa shape index (κ1) is 32.7. The summed E-state index contributed by atoms with van der Waals surface area (Å²) in [7, 11) is 0. The molecule has 4 heterocycles. The third kappa shape index (κ3) is 5.34. The van der Waals surface area contributed by atoms with Crippen molar-refractivity contribution in [1.29, 1.82) is 0 Å². The maximum Gasteiger partial charge on any atom is 0.143 e. The summed E-state index contributed by atoms with van der Waals surface area (Å²) in [4.78, 5) is 0. The normalized spacial score (nSPS) is 17.4. The van der Waals surface area contributed by atoms with E-state index in [0.717, 1.165) is 38.8 Å². The predicted octanol–water partition coefficient (Wildman–Crippen LogP) is 12.9. The van der Waals surface area contributed by atoms with Gasteiger partial charge in [-0.15, -0.1) is 11.3 Å². The predicted molar refractivity (Wildman–Crippen MR) is 237 cm³/mol. The number of hydrogen-bond donors (Lipinski definition) is 3. The third-order valence-corrected chi connectivity index (χ3v) is 12.8. The van der Waals surface area contributed by atoms with Crippen molar-refractivity contribution in [3.8, 4) is 16.8 Å². The molecule has 3 aromatic heterocycles. The zero-order valence-corrected chi connectivity index (χ0v) is 31.6.